The molecule has 1 amide bonds. The number of fused-ring (bicyclic) bond motifs is 2. The van der Waals surface area contributed by atoms with E-state index >= 15 is 0 Å². The van der Waals surface area contributed by atoms with Crippen LogP contribution < -0.4 is 14.8 Å². The SMILES string of the molecule is Cc1cccc(-n2nc3c(c2NC(=O)C=Cc2ccc4c(c2)OCO4)CS(=O)(=O)C3)c1C. The van der Waals surface area contributed by atoms with E-state index in [2.05, 4.69) is 10.4 Å². The number of hydrogen-bond acceptors (Lipinski definition) is 6. The zero-order valence-electron chi connectivity index (χ0n) is 17.6. The number of carbonyl (C=O) groups is 1. The van der Waals surface area contributed by atoms with E-state index in [1.54, 1.807) is 22.9 Å². The number of carbonyl (C=O) groups excluding carboxylic acids is 1. The lowest BCUT2D eigenvalue weighted by Crippen LogP contribution is -2.15. The lowest BCUT2D eigenvalue weighted by Gasteiger charge is -2.13. The highest BCUT2D eigenvalue weighted by Gasteiger charge is 2.33. The van der Waals surface area contributed by atoms with Crippen LogP contribution in [0.2, 0.25) is 0 Å². The fourth-order valence-corrected chi connectivity index (χ4v) is 5.35. The maximum absolute atomic E-state index is 12.8. The van der Waals surface area contributed by atoms with Crippen LogP contribution in [0.3, 0.4) is 0 Å². The quantitative estimate of drug-likeness (QED) is 0.611. The van der Waals surface area contributed by atoms with Gasteiger partial charge in [0.15, 0.2) is 21.3 Å². The Morgan fingerprint density at radius 2 is 1.94 bits per heavy atom. The van der Waals surface area contributed by atoms with Crippen molar-refractivity contribution < 1.29 is 22.7 Å². The van der Waals surface area contributed by atoms with Crippen molar-refractivity contribution in [3.05, 3.63) is 70.4 Å². The molecule has 0 fully saturated rings. The van der Waals surface area contributed by atoms with E-state index in [0.29, 0.717) is 28.6 Å². The van der Waals surface area contributed by atoms with Crippen molar-refractivity contribution in [3.63, 3.8) is 0 Å². The first kappa shape index (κ1) is 20.3. The molecule has 2 aliphatic heterocycles. The average molecular weight is 452 g/mol. The molecule has 0 spiro atoms. The molecule has 0 saturated heterocycles. The number of nitrogens with zero attached hydrogens (tertiary/aromatic N) is 2. The van der Waals surface area contributed by atoms with Crippen LogP contribution >= 0.6 is 0 Å². The molecule has 1 aromatic heterocycles. The number of aryl methyl sites for hydroxylation is 1. The average Bonchev–Trinajstić information content (AvgIpc) is 3.41. The Morgan fingerprint density at radius 1 is 1.12 bits per heavy atom. The van der Waals surface area contributed by atoms with E-state index in [1.165, 1.54) is 6.08 Å². The molecule has 164 valence electrons. The van der Waals surface area contributed by atoms with E-state index in [-0.39, 0.29) is 24.2 Å². The third-order valence-corrected chi connectivity index (χ3v) is 7.10. The van der Waals surface area contributed by atoms with Gasteiger partial charge >= 0.3 is 0 Å². The molecule has 3 heterocycles. The Hall–Kier alpha value is -3.59. The Labute approximate surface area is 185 Å². The van der Waals surface area contributed by atoms with Gasteiger partial charge in [0.05, 0.1) is 22.9 Å². The zero-order valence-corrected chi connectivity index (χ0v) is 18.4. The first-order chi connectivity index (χ1) is 15.3. The molecule has 5 rings (SSSR count). The second-order valence-corrected chi connectivity index (χ2v) is 9.94. The van der Waals surface area contributed by atoms with E-state index in [9.17, 15) is 13.2 Å². The molecule has 32 heavy (non-hydrogen) atoms. The summed E-state index contributed by atoms with van der Waals surface area (Å²) in [7, 11) is -3.27. The normalized spacial score (nSPS) is 15.8. The molecular formula is C23H21N3O5S. The number of anilines is 1. The number of rotatable bonds is 4. The summed E-state index contributed by atoms with van der Waals surface area (Å²) in [6, 6.07) is 11.2. The van der Waals surface area contributed by atoms with Crippen LogP contribution in [0.4, 0.5) is 5.82 Å². The molecule has 1 N–H and O–H groups in total. The zero-order chi connectivity index (χ0) is 22.5. The highest BCUT2D eigenvalue weighted by atomic mass is 32.2. The van der Waals surface area contributed by atoms with Crippen molar-refractivity contribution in [1.29, 1.82) is 0 Å². The fourth-order valence-electron chi connectivity index (χ4n) is 3.86. The Balaban J connectivity index is 1.47. The molecule has 0 bridgehead atoms. The van der Waals surface area contributed by atoms with Gasteiger partial charge in [0.2, 0.25) is 12.7 Å². The first-order valence-electron chi connectivity index (χ1n) is 10.1. The van der Waals surface area contributed by atoms with Crippen LogP contribution in [0.5, 0.6) is 11.5 Å². The largest absolute Gasteiger partial charge is 0.454 e. The van der Waals surface area contributed by atoms with E-state index < -0.39 is 9.84 Å². The van der Waals surface area contributed by atoms with Gasteiger partial charge in [0.1, 0.15) is 5.82 Å². The molecule has 2 aliphatic rings. The minimum atomic E-state index is -3.27. The molecule has 0 unspecified atom stereocenters. The van der Waals surface area contributed by atoms with Gasteiger partial charge in [-0.25, -0.2) is 13.1 Å². The summed E-state index contributed by atoms with van der Waals surface area (Å²) in [5.74, 6) is 1.02. The molecule has 9 heteroatoms. The summed E-state index contributed by atoms with van der Waals surface area (Å²) < 4.78 is 36.6. The van der Waals surface area contributed by atoms with Gasteiger partial charge in [-0.1, -0.05) is 18.2 Å². The van der Waals surface area contributed by atoms with Crippen molar-refractivity contribution in [3.8, 4) is 17.2 Å². The number of hydrogen-bond donors (Lipinski definition) is 1. The number of amides is 1. The van der Waals surface area contributed by atoms with Crippen molar-refractivity contribution in [1.82, 2.24) is 9.78 Å². The van der Waals surface area contributed by atoms with Crippen LogP contribution in [0.25, 0.3) is 11.8 Å². The molecule has 0 radical (unpaired) electrons. The third-order valence-electron chi connectivity index (χ3n) is 5.66. The summed E-state index contributed by atoms with van der Waals surface area (Å²) >= 11 is 0. The van der Waals surface area contributed by atoms with E-state index in [1.807, 2.05) is 38.1 Å². The number of nitrogens with one attached hydrogen (secondary N) is 1. The first-order valence-corrected chi connectivity index (χ1v) is 11.9. The lowest BCUT2D eigenvalue weighted by atomic mass is 10.1. The van der Waals surface area contributed by atoms with Crippen LogP contribution in [-0.2, 0) is 26.1 Å². The van der Waals surface area contributed by atoms with Crippen molar-refractivity contribution >= 4 is 27.6 Å². The number of aromatic nitrogens is 2. The van der Waals surface area contributed by atoms with Crippen LogP contribution in [0.1, 0.15) is 27.9 Å². The van der Waals surface area contributed by atoms with Gasteiger partial charge in [0, 0.05) is 11.6 Å². The summed E-state index contributed by atoms with van der Waals surface area (Å²) in [5.41, 5.74) is 4.66. The summed E-state index contributed by atoms with van der Waals surface area (Å²) in [4.78, 5) is 12.8. The summed E-state index contributed by atoms with van der Waals surface area (Å²) in [6.45, 7) is 4.14. The van der Waals surface area contributed by atoms with Crippen molar-refractivity contribution in [2.75, 3.05) is 12.1 Å². The predicted molar refractivity (Wildman–Crippen MR) is 120 cm³/mol. The maximum Gasteiger partial charge on any atom is 0.249 e. The van der Waals surface area contributed by atoms with Crippen molar-refractivity contribution in [2.45, 2.75) is 25.4 Å². The number of ether oxygens (including phenoxy) is 2. The van der Waals surface area contributed by atoms with Crippen LogP contribution in [-0.4, -0.2) is 30.9 Å². The maximum atomic E-state index is 12.8. The Morgan fingerprint density at radius 3 is 2.78 bits per heavy atom. The Kier molecular flexibility index (Phi) is 4.78. The Bertz CT molecular complexity index is 1390. The number of sulfone groups is 1. The highest BCUT2D eigenvalue weighted by molar-refractivity contribution is 7.90. The molecular weight excluding hydrogens is 430 g/mol. The molecule has 0 atom stereocenters. The second-order valence-electron chi connectivity index (χ2n) is 7.87. The monoisotopic (exact) mass is 451 g/mol. The van der Waals surface area contributed by atoms with E-state index in [4.69, 9.17) is 9.47 Å². The van der Waals surface area contributed by atoms with Crippen molar-refractivity contribution in [2.24, 2.45) is 0 Å². The second kappa shape index (κ2) is 7.52. The molecule has 0 saturated carbocycles. The highest BCUT2D eigenvalue weighted by Crippen LogP contribution is 2.35. The predicted octanol–water partition coefficient (Wildman–Crippen LogP) is 3.30. The minimum Gasteiger partial charge on any atom is -0.454 e. The van der Waals surface area contributed by atoms with Gasteiger partial charge in [-0.3, -0.25) is 4.79 Å². The smallest absolute Gasteiger partial charge is 0.249 e. The summed E-state index contributed by atoms with van der Waals surface area (Å²) in [5, 5.41) is 7.39. The summed E-state index contributed by atoms with van der Waals surface area (Å²) in [6.07, 6.45) is 3.06. The van der Waals surface area contributed by atoms with Gasteiger partial charge in [-0.2, -0.15) is 5.10 Å². The van der Waals surface area contributed by atoms with Gasteiger partial charge < -0.3 is 14.8 Å². The van der Waals surface area contributed by atoms with Crippen LogP contribution in [0, 0.1) is 13.8 Å². The van der Waals surface area contributed by atoms with Gasteiger partial charge in [0.25, 0.3) is 0 Å². The third kappa shape index (κ3) is 3.64. The van der Waals surface area contributed by atoms with Gasteiger partial charge in [-0.05, 0) is 54.8 Å². The molecule has 3 aromatic rings. The molecule has 2 aromatic carbocycles. The van der Waals surface area contributed by atoms with Gasteiger partial charge in [-0.15, -0.1) is 0 Å². The molecule has 0 aliphatic carbocycles. The topological polar surface area (TPSA) is 99.5 Å². The minimum absolute atomic E-state index is 0.129. The fraction of sp³-hybridized carbons (Fsp3) is 0.217. The van der Waals surface area contributed by atoms with E-state index in [0.717, 1.165) is 22.4 Å². The molecule has 8 nitrogen and oxygen atoms in total. The number of benzene rings is 2. The van der Waals surface area contributed by atoms with Crippen LogP contribution in [0.15, 0.2) is 42.5 Å². The standard InChI is InChI=1S/C23H21N3O5S/c1-14-4-3-5-19(15(14)2)26-23(17-11-32(28,29)12-18(17)25-26)24-22(27)9-7-16-6-8-20-21(10-16)31-13-30-20/h3-10H,11-13H2,1-2H3,(H,24,27). The lowest BCUT2D eigenvalue weighted by molar-refractivity contribution is -0.111.